The van der Waals surface area contributed by atoms with Crippen LogP contribution in [0.4, 0.5) is 11.4 Å². The molecule has 1 unspecified atom stereocenters. The highest BCUT2D eigenvalue weighted by Gasteiger charge is 2.30. The second-order valence-corrected chi connectivity index (χ2v) is 6.70. The summed E-state index contributed by atoms with van der Waals surface area (Å²) in [5.74, 6) is -0.0407. The van der Waals surface area contributed by atoms with Crippen molar-refractivity contribution in [2.24, 2.45) is 0 Å². The number of amides is 1. The molecule has 24 heavy (non-hydrogen) atoms. The van der Waals surface area contributed by atoms with Crippen molar-refractivity contribution >= 4 is 17.3 Å². The van der Waals surface area contributed by atoms with E-state index in [1.165, 1.54) is 30.2 Å². The molecule has 4 rings (SSSR count). The summed E-state index contributed by atoms with van der Waals surface area (Å²) in [6.07, 6.45) is 2.37. The molecule has 124 valence electrons. The minimum atomic E-state index is -0.0407. The lowest BCUT2D eigenvalue weighted by atomic mass is 10.0. The highest BCUT2D eigenvalue weighted by atomic mass is 16.1. The third kappa shape index (κ3) is 2.89. The van der Waals surface area contributed by atoms with Crippen molar-refractivity contribution in [1.29, 1.82) is 0 Å². The zero-order valence-corrected chi connectivity index (χ0v) is 14.0. The van der Waals surface area contributed by atoms with Gasteiger partial charge < -0.3 is 15.5 Å². The fourth-order valence-corrected chi connectivity index (χ4v) is 3.88. The summed E-state index contributed by atoms with van der Waals surface area (Å²) in [6, 6.07) is 15.5. The van der Waals surface area contributed by atoms with E-state index in [1.54, 1.807) is 0 Å². The van der Waals surface area contributed by atoms with Crippen LogP contribution >= 0.6 is 0 Å². The summed E-state index contributed by atoms with van der Waals surface area (Å²) in [7, 11) is 0. The van der Waals surface area contributed by atoms with E-state index in [4.69, 9.17) is 0 Å². The second kappa shape index (κ2) is 6.29. The molecule has 0 aromatic heterocycles. The molecule has 2 aromatic rings. The molecule has 2 aliphatic rings. The van der Waals surface area contributed by atoms with Crippen molar-refractivity contribution in [3.63, 3.8) is 0 Å². The Kier molecular flexibility index (Phi) is 3.98. The van der Waals surface area contributed by atoms with Crippen LogP contribution in [0.2, 0.25) is 0 Å². The molecule has 2 aromatic carbocycles. The molecule has 1 saturated heterocycles. The van der Waals surface area contributed by atoms with Crippen molar-refractivity contribution in [1.82, 2.24) is 5.32 Å². The molecular formula is C20H23N3O. The van der Waals surface area contributed by atoms with Gasteiger partial charge in [0.1, 0.15) is 0 Å². The van der Waals surface area contributed by atoms with Gasteiger partial charge in [-0.2, -0.15) is 0 Å². The molecular weight excluding hydrogens is 298 g/mol. The van der Waals surface area contributed by atoms with E-state index in [0.29, 0.717) is 6.04 Å². The highest BCUT2D eigenvalue weighted by molar-refractivity contribution is 5.89. The van der Waals surface area contributed by atoms with Crippen LogP contribution in [0.1, 0.15) is 18.9 Å². The standard InChI is InChI=1S/C20H23N3O/c1-14(24)22-18-4-2-3-15(11-18)16-5-6-17-12-19-7-8-21-9-10-23(19)20(17)13-16/h2-6,11,13,19,21H,7-10,12H2,1H3,(H,22,24). The lowest BCUT2D eigenvalue weighted by Gasteiger charge is -2.25. The number of carbonyl (C=O) groups excluding carboxylic acids is 1. The van der Waals surface area contributed by atoms with Crippen LogP contribution in [0.3, 0.4) is 0 Å². The summed E-state index contributed by atoms with van der Waals surface area (Å²) < 4.78 is 0. The molecule has 0 saturated carbocycles. The molecule has 1 amide bonds. The minimum Gasteiger partial charge on any atom is -0.367 e. The van der Waals surface area contributed by atoms with Gasteiger partial charge in [0, 0.05) is 37.4 Å². The first kappa shape index (κ1) is 15.2. The SMILES string of the molecule is CC(=O)Nc1cccc(-c2ccc3c(c2)N2CCNCCC2C3)c1. The molecule has 2 N–H and O–H groups in total. The third-order valence-electron chi connectivity index (χ3n) is 4.99. The monoisotopic (exact) mass is 321 g/mol. The number of benzene rings is 2. The van der Waals surface area contributed by atoms with Crippen LogP contribution in [-0.4, -0.2) is 31.6 Å². The first-order valence-corrected chi connectivity index (χ1v) is 8.69. The molecule has 4 heteroatoms. The summed E-state index contributed by atoms with van der Waals surface area (Å²) in [5, 5.41) is 6.36. The van der Waals surface area contributed by atoms with Crippen molar-refractivity contribution < 1.29 is 4.79 Å². The lowest BCUT2D eigenvalue weighted by Crippen LogP contribution is -2.32. The summed E-state index contributed by atoms with van der Waals surface area (Å²) in [4.78, 5) is 13.8. The first-order chi connectivity index (χ1) is 11.7. The Labute approximate surface area is 142 Å². The Balaban J connectivity index is 1.67. The molecule has 0 spiro atoms. The molecule has 2 heterocycles. The van der Waals surface area contributed by atoms with E-state index < -0.39 is 0 Å². The topological polar surface area (TPSA) is 44.4 Å². The summed E-state index contributed by atoms with van der Waals surface area (Å²) >= 11 is 0. The van der Waals surface area contributed by atoms with Crippen LogP contribution in [0.15, 0.2) is 42.5 Å². The number of anilines is 2. The van der Waals surface area contributed by atoms with Crippen molar-refractivity contribution in [2.75, 3.05) is 29.9 Å². The Hall–Kier alpha value is -2.33. The van der Waals surface area contributed by atoms with Crippen molar-refractivity contribution in [2.45, 2.75) is 25.8 Å². The van der Waals surface area contributed by atoms with Gasteiger partial charge in [-0.05, 0) is 54.3 Å². The van der Waals surface area contributed by atoms with Gasteiger partial charge in [0.2, 0.25) is 5.91 Å². The van der Waals surface area contributed by atoms with Gasteiger partial charge in [-0.3, -0.25) is 4.79 Å². The van der Waals surface area contributed by atoms with E-state index in [1.807, 2.05) is 18.2 Å². The maximum atomic E-state index is 11.3. The zero-order chi connectivity index (χ0) is 16.5. The molecule has 0 bridgehead atoms. The van der Waals surface area contributed by atoms with Gasteiger partial charge >= 0.3 is 0 Å². The van der Waals surface area contributed by atoms with E-state index >= 15 is 0 Å². The first-order valence-electron chi connectivity index (χ1n) is 8.69. The fourth-order valence-electron chi connectivity index (χ4n) is 3.88. The van der Waals surface area contributed by atoms with Gasteiger partial charge in [0.05, 0.1) is 0 Å². The number of nitrogens with one attached hydrogen (secondary N) is 2. The Morgan fingerprint density at radius 1 is 1.17 bits per heavy atom. The van der Waals surface area contributed by atoms with E-state index in [0.717, 1.165) is 37.3 Å². The molecule has 4 nitrogen and oxygen atoms in total. The predicted octanol–water partition coefficient (Wildman–Crippen LogP) is 3.04. The summed E-state index contributed by atoms with van der Waals surface area (Å²) in [5.41, 5.74) is 6.03. The van der Waals surface area contributed by atoms with Gasteiger partial charge in [-0.1, -0.05) is 24.3 Å². The number of carbonyl (C=O) groups is 1. The van der Waals surface area contributed by atoms with Gasteiger partial charge in [-0.25, -0.2) is 0 Å². The average Bonchev–Trinajstić information content (AvgIpc) is 2.75. The van der Waals surface area contributed by atoms with Crippen LogP contribution in [-0.2, 0) is 11.2 Å². The van der Waals surface area contributed by atoms with Crippen molar-refractivity contribution in [3.8, 4) is 11.1 Å². The van der Waals surface area contributed by atoms with Crippen LogP contribution < -0.4 is 15.5 Å². The second-order valence-electron chi connectivity index (χ2n) is 6.70. The smallest absolute Gasteiger partial charge is 0.221 e. The van der Waals surface area contributed by atoms with Crippen LogP contribution in [0.25, 0.3) is 11.1 Å². The quantitative estimate of drug-likeness (QED) is 0.893. The van der Waals surface area contributed by atoms with Gasteiger partial charge in [-0.15, -0.1) is 0 Å². The Morgan fingerprint density at radius 2 is 2.04 bits per heavy atom. The molecule has 0 radical (unpaired) electrons. The molecule has 1 atom stereocenters. The third-order valence-corrected chi connectivity index (χ3v) is 4.99. The number of hydrogen-bond donors (Lipinski definition) is 2. The van der Waals surface area contributed by atoms with E-state index in [9.17, 15) is 4.79 Å². The molecule has 1 fully saturated rings. The molecule has 2 aliphatic heterocycles. The number of hydrogen-bond acceptors (Lipinski definition) is 3. The fraction of sp³-hybridized carbons (Fsp3) is 0.350. The maximum absolute atomic E-state index is 11.3. The Bertz CT molecular complexity index is 771. The van der Waals surface area contributed by atoms with Gasteiger partial charge in [0.25, 0.3) is 0 Å². The average molecular weight is 321 g/mol. The van der Waals surface area contributed by atoms with Crippen LogP contribution in [0, 0.1) is 0 Å². The number of rotatable bonds is 2. The molecule has 0 aliphatic carbocycles. The van der Waals surface area contributed by atoms with Gasteiger partial charge in [0.15, 0.2) is 0 Å². The Morgan fingerprint density at radius 3 is 2.92 bits per heavy atom. The normalized spacial score (nSPS) is 19.4. The van der Waals surface area contributed by atoms with E-state index in [2.05, 4.69) is 39.8 Å². The highest BCUT2D eigenvalue weighted by Crippen LogP contribution is 2.37. The number of nitrogens with zero attached hydrogens (tertiary/aromatic N) is 1. The predicted molar refractivity (Wildman–Crippen MR) is 98.5 cm³/mol. The minimum absolute atomic E-state index is 0.0407. The summed E-state index contributed by atoms with van der Waals surface area (Å²) in [6.45, 7) is 4.78. The number of fused-ring (bicyclic) bond motifs is 3. The lowest BCUT2D eigenvalue weighted by molar-refractivity contribution is -0.114. The van der Waals surface area contributed by atoms with E-state index in [-0.39, 0.29) is 5.91 Å². The zero-order valence-electron chi connectivity index (χ0n) is 14.0. The van der Waals surface area contributed by atoms with Crippen LogP contribution in [0.5, 0.6) is 0 Å². The van der Waals surface area contributed by atoms with Crippen molar-refractivity contribution in [3.05, 3.63) is 48.0 Å². The maximum Gasteiger partial charge on any atom is 0.221 e. The largest absolute Gasteiger partial charge is 0.367 e.